The fourth-order valence-electron chi connectivity index (χ4n) is 4.82. The molecule has 2 heterocycles. The molecule has 2 aliphatic rings. The van der Waals surface area contributed by atoms with Crippen LogP contribution in [0.4, 0.5) is 30.6 Å². The summed E-state index contributed by atoms with van der Waals surface area (Å²) >= 11 is 0. The number of nitrogens with one attached hydrogen (secondary N) is 1. The van der Waals surface area contributed by atoms with E-state index in [2.05, 4.69) is 24.9 Å². The molecule has 1 aliphatic carbocycles. The number of nitrogens with two attached hydrogens (primary N) is 2. The minimum atomic E-state index is -4.84. The lowest BCUT2D eigenvalue weighted by Gasteiger charge is -2.45. The van der Waals surface area contributed by atoms with Crippen molar-refractivity contribution in [2.24, 2.45) is 11.7 Å². The summed E-state index contributed by atoms with van der Waals surface area (Å²) in [6.07, 6.45) is -0.666. The zero-order valence-corrected chi connectivity index (χ0v) is 19.0. The molecule has 1 saturated heterocycles. The van der Waals surface area contributed by atoms with Gasteiger partial charge in [-0.15, -0.1) is 13.2 Å². The van der Waals surface area contributed by atoms with Gasteiger partial charge >= 0.3 is 12.0 Å². The van der Waals surface area contributed by atoms with Gasteiger partial charge in [0.2, 0.25) is 11.8 Å². The highest BCUT2D eigenvalue weighted by Crippen LogP contribution is 2.35. The van der Waals surface area contributed by atoms with Crippen LogP contribution in [0.25, 0.3) is 0 Å². The van der Waals surface area contributed by atoms with Gasteiger partial charge in [-0.05, 0) is 44.1 Å². The van der Waals surface area contributed by atoms with Crippen molar-refractivity contribution in [2.45, 2.75) is 57.1 Å². The van der Waals surface area contributed by atoms with E-state index in [-0.39, 0.29) is 53.0 Å². The molecule has 0 amide bonds. The van der Waals surface area contributed by atoms with Crippen molar-refractivity contribution < 1.29 is 22.8 Å². The van der Waals surface area contributed by atoms with Crippen molar-refractivity contribution in [3.8, 4) is 5.75 Å². The number of hydrogen-bond acceptors (Lipinski definition) is 9. The van der Waals surface area contributed by atoms with E-state index in [0.29, 0.717) is 12.5 Å². The molecule has 5 N–H and O–H groups in total. The third-order valence-electron chi connectivity index (χ3n) is 6.55. The molecular weight excluding hydrogens is 467 g/mol. The van der Waals surface area contributed by atoms with E-state index in [4.69, 9.17) is 11.5 Å². The SMILES string of the molecule is Nc1nc(NCc2ccccc2OC(F)(F)F)nc(CC2CCC(N3CC(N)C3)CC2)c1[N+](=O)[O-]. The zero-order valence-electron chi connectivity index (χ0n) is 19.0. The van der Waals surface area contributed by atoms with E-state index in [0.717, 1.165) is 38.8 Å². The van der Waals surface area contributed by atoms with Gasteiger partial charge in [0.1, 0.15) is 11.4 Å². The number of halogens is 3. The van der Waals surface area contributed by atoms with Crippen molar-refractivity contribution in [3.63, 3.8) is 0 Å². The maximum atomic E-state index is 12.7. The van der Waals surface area contributed by atoms with Crippen molar-refractivity contribution in [1.82, 2.24) is 14.9 Å². The molecule has 4 rings (SSSR count). The Labute approximate surface area is 200 Å². The molecule has 0 bridgehead atoms. The first-order chi connectivity index (χ1) is 16.6. The van der Waals surface area contributed by atoms with E-state index in [1.165, 1.54) is 18.2 Å². The molecular formula is C22H28F3N7O3. The highest BCUT2D eigenvalue weighted by atomic mass is 19.4. The van der Waals surface area contributed by atoms with Crippen LogP contribution in [-0.4, -0.2) is 51.3 Å². The quantitative estimate of drug-likeness (QED) is 0.371. The Morgan fingerprint density at radius 2 is 1.86 bits per heavy atom. The van der Waals surface area contributed by atoms with Gasteiger partial charge in [0.05, 0.1) is 4.92 Å². The first-order valence-corrected chi connectivity index (χ1v) is 11.5. The van der Waals surface area contributed by atoms with E-state index in [1.807, 2.05) is 0 Å². The first-order valence-electron chi connectivity index (χ1n) is 11.5. The maximum Gasteiger partial charge on any atom is 0.573 e. The normalized spacial score (nSPS) is 21.4. The molecule has 2 fully saturated rings. The number of likely N-dealkylation sites (tertiary alicyclic amines) is 1. The van der Waals surface area contributed by atoms with Gasteiger partial charge in [0, 0.05) is 37.3 Å². The van der Waals surface area contributed by atoms with Crippen LogP contribution in [-0.2, 0) is 13.0 Å². The lowest BCUT2D eigenvalue weighted by Crippen LogP contribution is -2.59. The number of nitro groups is 1. The summed E-state index contributed by atoms with van der Waals surface area (Å²) in [5.74, 6) is -0.427. The average molecular weight is 496 g/mol. The van der Waals surface area contributed by atoms with Crippen molar-refractivity contribution in [2.75, 3.05) is 24.1 Å². The molecule has 13 heteroatoms. The van der Waals surface area contributed by atoms with Gasteiger partial charge in [-0.3, -0.25) is 15.0 Å². The number of benzene rings is 1. The fraction of sp³-hybridized carbons (Fsp3) is 0.545. The molecule has 0 spiro atoms. The topological polar surface area (TPSA) is 145 Å². The van der Waals surface area contributed by atoms with Gasteiger partial charge in [-0.25, -0.2) is 4.98 Å². The Hall–Kier alpha value is -3.19. The molecule has 1 aromatic carbocycles. The molecule has 1 aliphatic heterocycles. The number of rotatable bonds is 8. The van der Waals surface area contributed by atoms with Crippen LogP contribution >= 0.6 is 0 Å². The maximum absolute atomic E-state index is 12.7. The van der Waals surface area contributed by atoms with Gasteiger partial charge < -0.3 is 21.5 Å². The average Bonchev–Trinajstić information content (AvgIpc) is 2.75. The van der Waals surface area contributed by atoms with E-state index < -0.39 is 11.3 Å². The Kier molecular flexibility index (Phi) is 7.26. The Morgan fingerprint density at radius 1 is 1.17 bits per heavy atom. The van der Waals surface area contributed by atoms with Crippen LogP contribution in [0.1, 0.15) is 36.9 Å². The molecule has 10 nitrogen and oxygen atoms in total. The highest BCUT2D eigenvalue weighted by Gasteiger charge is 2.34. The molecule has 190 valence electrons. The fourth-order valence-corrected chi connectivity index (χ4v) is 4.82. The second-order valence-electron chi connectivity index (χ2n) is 9.09. The Morgan fingerprint density at radius 3 is 2.49 bits per heavy atom. The first kappa shape index (κ1) is 24.9. The number of aromatic nitrogens is 2. The number of nitrogen functional groups attached to an aromatic ring is 1. The van der Waals surface area contributed by atoms with Crippen LogP contribution in [0.3, 0.4) is 0 Å². The predicted molar refractivity (Wildman–Crippen MR) is 123 cm³/mol. The third kappa shape index (κ3) is 6.28. The number of nitrogens with zero attached hydrogens (tertiary/aromatic N) is 4. The highest BCUT2D eigenvalue weighted by molar-refractivity contribution is 5.58. The van der Waals surface area contributed by atoms with Crippen LogP contribution < -0.4 is 21.5 Å². The van der Waals surface area contributed by atoms with Gasteiger partial charge in [0.15, 0.2) is 0 Å². The van der Waals surface area contributed by atoms with Gasteiger partial charge in [-0.1, -0.05) is 18.2 Å². The minimum absolute atomic E-state index is 0.00756. The lowest BCUT2D eigenvalue weighted by molar-refractivity contribution is -0.385. The van der Waals surface area contributed by atoms with E-state index >= 15 is 0 Å². The number of para-hydroxylation sites is 1. The number of ether oxygens (including phenoxy) is 1. The molecule has 1 saturated carbocycles. The molecule has 0 atom stereocenters. The van der Waals surface area contributed by atoms with E-state index in [9.17, 15) is 23.3 Å². The molecule has 1 aromatic heterocycles. The van der Waals surface area contributed by atoms with Gasteiger partial charge in [0.25, 0.3) is 0 Å². The van der Waals surface area contributed by atoms with Gasteiger partial charge in [-0.2, -0.15) is 4.98 Å². The number of alkyl halides is 3. The molecule has 35 heavy (non-hydrogen) atoms. The zero-order chi connectivity index (χ0) is 25.2. The third-order valence-corrected chi connectivity index (χ3v) is 6.55. The molecule has 2 aromatic rings. The van der Waals surface area contributed by atoms with Crippen molar-refractivity contribution in [1.29, 1.82) is 0 Å². The summed E-state index contributed by atoms with van der Waals surface area (Å²) in [5.41, 5.74) is 11.9. The number of hydrogen-bond donors (Lipinski definition) is 3. The summed E-state index contributed by atoms with van der Waals surface area (Å²) in [4.78, 5) is 21.7. The van der Waals surface area contributed by atoms with Crippen molar-refractivity contribution >= 4 is 17.5 Å². The van der Waals surface area contributed by atoms with E-state index in [1.54, 1.807) is 6.07 Å². The second kappa shape index (κ2) is 10.2. The minimum Gasteiger partial charge on any atom is -0.405 e. The monoisotopic (exact) mass is 495 g/mol. The second-order valence-corrected chi connectivity index (χ2v) is 9.09. The Bertz CT molecular complexity index is 1060. The standard InChI is InChI=1S/C22H28F3N7O3/c23-22(24,25)35-18-4-2-1-3-14(18)10-28-21-29-17(19(32(33)34)20(27)30-21)9-13-5-7-16(8-6-13)31-11-15(26)12-31/h1-4,13,15-16H,5-12,26H2,(H3,27,28,29,30). The summed E-state index contributed by atoms with van der Waals surface area (Å²) in [7, 11) is 0. The predicted octanol–water partition coefficient (Wildman–Crippen LogP) is 3.22. The Balaban J connectivity index is 1.45. The number of anilines is 2. The smallest absolute Gasteiger partial charge is 0.405 e. The lowest BCUT2D eigenvalue weighted by atomic mass is 9.81. The van der Waals surface area contributed by atoms with Crippen LogP contribution in [0, 0.1) is 16.0 Å². The largest absolute Gasteiger partial charge is 0.573 e. The summed E-state index contributed by atoms with van der Waals surface area (Å²) in [6, 6.07) is 6.40. The van der Waals surface area contributed by atoms with Crippen LogP contribution in [0.5, 0.6) is 5.75 Å². The van der Waals surface area contributed by atoms with Crippen LogP contribution in [0.15, 0.2) is 24.3 Å². The summed E-state index contributed by atoms with van der Waals surface area (Å²) < 4.78 is 42.1. The summed E-state index contributed by atoms with van der Waals surface area (Å²) in [6.45, 7) is 1.73. The van der Waals surface area contributed by atoms with Crippen molar-refractivity contribution in [3.05, 3.63) is 45.6 Å². The molecule has 0 unspecified atom stereocenters. The molecule has 0 radical (unpaired) electrons. The summed E-state index contributed by atoms with van der Waals surface area (Å²) in [5, 5.41) is 14.5. The van der Waals surface area contributed by atoms with Crippen LogP contribution in [0.2, 0.25) is 0 Å².